The van der Waals surface area contributed by atoms with E-state index < -0.39 is 5.56 Å². The fourth-order valence-corrected chi connectivity index (χ4v) is 2.00. The van der Waals surface area contributed by atoms with E-state index in [0.29, 0.717) is 25.6 Å². The van der Waals surface area contributed by atoms with Gasteiger partial charge in [0.25, 0.3) is 0 Å². The van der Waals surface area contributed by atoms with Crippen LogP contribution >= 0.6 is 23.4 Å². The molecule has 2 unspecified atom stereocenters. The lowest BCUT2D eigenvalue weighted by Gasteiger charge is -2.31. The van der Waals surface area contributed by atoms with E-state index in [-0.39, 0.29) is 4.00 Å². The van der Waals surface area contributed by atoms with Crippen LogP contribution in [0.5, 0.6) is 0 Å². The molecule has 0 N–H and O–H groups in total. The summed E-state index contributed by atoms with van der Waals surface area (Å²) in [7, 11) is 0. The monoisotopic (exact) mass is 235 g/mol. The third-order valence-electron chi connectivity index (χ3n) is 2.02. The van der Waals surface area contributed by atoms with Crippen LogP contribution in [0.1, 0.15) is 0 Å². The fraction of sp³-hybridized carbons (Fsp3) is 0.571. The van der Waals surface area contributed by atoms with Crippen molar-refractivity contribution < 1.29 is 4.74 Å². The van der Waals surface area contributed by atoms with Crippen molar-refractivity contribution in [2.45, 2.75) is 5.56 Å². The maximum Gasteiger partial charge on any atom is 0.350 e. The van der Waals surface area contributed by atoms with E-state index in [1.54, 1.807) is 0 Å². The Labute approximate surface area is 91.3 Å². The van der Waals surface area contributed by atoms with Crippen molar-refractivity contribution >= 4 is 29.3 Å². The summed E-state index contributed by atoms with van der Waals surface area (Å²) in [5.74, 6) is 0.510. The lowest BCUT2D eigenvalue weighted by molar-refractivity contribution is 0.0469. The Kier molecular flexibility index (Phi) is 2.83. The van der Waals surface area contributed by atoms with Crippen LogP contribution in [0.15, 0.2) is 12.7 Å². The van der Waals surface area contributed by atoms with Gasteiger partial charge in [-0.2, -0.15) is 14.0 Å². The summed E-state index contributed by atoms with van der Waals surface area (Å²) in [5.41, 5.74) is -0.391. The first-order valence-corrected chi connectivity index (χ1v) is 4.93. The number of morpholine rings is 1. The predicted octanol–water partition coefficient (Wildman–Crippen LogP) is 0.928. The first-order chi connectivity index (χ1) is 6.71. The Balaban J connectivity index is 2.23. The van der Waals surface area contributed by atoms with Gasteiger partial charge in [-0.3, -0.25) is 0 Å². The molecule has 1 aromatic heterocycles. The first-order valence-electron chi connectivity index (χ1n) is 4.16. The predicted molar refractivity (Wildman–Crippen MR) is 52.8 cm³/mol. The highest BCUT2D eigenvalue weighted by molar-refractivity contribution is 6.23. The second kappa shape index (κ2) is 3.94. The van der Waals surface area contributed by atoms with Gasteiger partial charge in [0.2, 0.25) is 0 Å². The van der Waals surface area contributed by atoms with Crippen LogP contribution in [0.25, 0.3) is 0 Å². The van der Waals surface area contributed by atoms with Crippen molar-refractivity contribution in [2.75, 3.05) is 19.7 Å². The molecule has 0 aliphatic carbocycles. The largest absolute Gasteiger partial charge is 0.351 e. The molecule has 1 aliphatic rings. The summed E-state index contributed by atoms with van der Waals surface area (Å²) in [4.78, 5) is 11.8. The van der Waals surface area contributed by atoms with Crippen LogP contribution in [0.4, 0.5) is 5.95 Å². The third kappa shape index (κ3) is 1.95. The van der Waals surface area contributed by atoms with Gasteiger partial charge in [-0.25, -0.2) is 4.98 Å². The van der Waals surface area contributed by atoms with E-state index in [4.69, 9.17) is 28.1 Å². The summed E-state index contributed by atoms with van der Waals surface area (Å²) in [6.07, 6.45) is 2.84. The number of hydrogen-bond acceptors (Lipinski definition) is 4. The Morgan fingerprint density at radius 1 is 1.43 bits per heavy atom. The number of hydrogen-bond donors (Lipinski definition) is 0. The second-order valence-corrected chi connectivity index (χ2v) is 4.12. The molecule has 7 heteroatoms. The molecule has 0 saturated carbocycles. The van der Waals surface area contributed by atoms with E-state index in [0.717, 1.165) is 0 Å². The Morgan fingerprint density at radius 3 is 2.79 bits per heavy atom. The number of nitrogens with zero attached hydrogens (tertiary/aromatic N) is 4. The number of aromatic nitrogens is 3. The van der Waals surface area contributed by atoms with E-state index in [1.807, 2.05) is 0 Å². The van der Waals surface area contributed by atoms with Crippen LogP contribution in [0.3, 0.4) is 0 Å². The van der Waals surface area contributed by atoms with E-state index in [9.17, 15) is 0 Å². The lowest BCUT2D eigenvalue weighted by Crippen LogP contribution is -2.52. The van der Waals surface area contributed by atoms with Crippen LogP contribution in [0, 0.1) is 0 Å². The average molecular weight is 236 g/mol. The summed E-state index contributed by atoms with van der Waals surface area (Å²) < 4.78 is 5.27. The Hall–Kier alpha value is -0.490. The molecular formula is C7H9Cl2N4O+. The summed E-state index contributed by atoms with van der Waals surface area (Å²) in [5, 5.41) is 0. The molecule has 1 saturated heterocycles. The topological polar surface area (TPSA) is 47.9 Å². The molecule has 14 heavy (non-hydrogen) atoms. The number of quaternary nitrogens is 1. The van der Waals surface area contributed by atoms with Crippen LogP contribution < -0.4 is 4.00 Å². The normalized spacial score (nSPS) is 32.9. The molecule has 2 atom stereocenters. The van der Waals surface area contributed by atoms with E-state index in [1.165, 1.54) is 12.7 Å². The highest BCUT2D eigenvalue weighted by Crippen LogP contribution is 2.26. The Bertz CT molecular complexity index is 312. The molecule has 2 heterocycles. The minimum absolute atomic E-state index is 0.0800. The molecule has 0 amide bonds. The number of alkyl halides is 1. The van der Waals surface area contributed by atoms with Crippen LogP contribution in [-0.4, -0.2) is 40.2 Å². The van der Waals surface area contributed by atoms with Gasteiger partial charge < -0.3 is 4.74 Å². The van der Waals surface area contributed by atoms with Crippen molar-refractivity contribution in [2.24, 2.45) is 0 Å². The lowest BCUT2D eigenvalue weighted by atomic mass is 10.4. The SMILES string of the molecule is ClC1C[N+](Cl)(c2ncncn2)CCO1. The van der Waals surface area contributed by atoms with E-state index in [2.05, 4.69) is 15.0 Å². The molecule has 2 rings (SSSR count). The van der Waals surface area contributed by atoms with Crippen molar-refractivity contribution in [1.82, 2.24) is 19.0 Å². The third-order valence-corrected chi connectivity index (χ3v) is 2.74. The smallest absolute Gasteiger partial charge is 0.350 e. The minimum Gasteiger partial charge on any atom is -0.351 e. The molecule has 1 fully saturated rings. The van der Waals surface area contributed by atoms with E-state index >= 15 is 0 Å². The van der Waals surface area contributed by atoms with Gasteiger partial charge >= 0.3 is 5.95 Å². The van der Waals surface area contributed by atoms with Gasteiger partial charge in [0, 0.05) is 0 Å². The number of rotatable bonds is 1. The van der Waals surface area contributed by atoms with Crippen LogP contribution in [-0.2, 0) is 4.74 Å². The maximum atomic E-state index is 6.32. The standard InChI is InChI=1S/C7H9Cl2N4O/c8-6-3-13(9,1-2-14-6)7-11-4-10-5-12-7/h4-6H,1-3H2/q+1. The van der Waals surface area contributed by atoms with Gasteiger partial charge in [0.05, 0.1) is 0 Å². The molecule has 76 valence electrons. The quantitative estimate of drug-likeness (QED) is 0.537. The zero-order chi connectivity index (χ0) is 10.0. The maximum absolute atomic E-state index is 6.32. The van der Waals surface area contributed by atoms with Crippen molar-refractivity contribution in [1.29, 1.82) is 0 Å². The molecular weight excluding hydrogens is 227 g/mol. The number of ether oxygens (including phenoxy) is 1. The van der Waals surface area contributed by atoms with Gasteiger partial charge in [-0.05, 0) is 0 Å². The molecule has 5 nitrogen and oxygen atoms in total. The summed E-state index contributed by atoms with van der Waals surface area (Å²) >= 11 is 12.2. The molecule has 0 spiro atoms. The zero-order valence-corrected chi connectivity index (χ0v) is 8.82. The highest BCUT2D eigenvalue weighted by atomic mass is 35.5. The van der Waals surface area contributed by atoms with Crippen LogP contribution in [0.2, 0.25) is 0 Å². The van der Waals surface area contributed by atoms with Gasteiger partial charge in [0.1, 0.15) is 32.4 Å². The molecule has 0 radical (unpaired) electrons. The zero-order valence-electron chi connectivity index (χ0n) is 7.31. The minimum atomic E-state index is -0.391. The average Bonchev–Trinajstić information content (AvgIpc) is 2.19. The Morgan fingerprint density at radius 2 is 2.14 bits per heavy atom. The van der Waals surface area contributed by atoms with Gasteiger partial charge in [-0.1, -0.05) is 11.6 Å². The second-order valence-electron chi connectivity index (χ2n) is 2.99. The molecule has 0 bridgehead atoms. The summed E-state index contributed by atoms with van der Waals surface area (Å²) in [6, 6.07) is 0. The summed E-state index contributed by atoms with van der Waals surface area (Å²) in [6.45, 7) is 1.56. The van der Waals surface area contributed by atoms with Crippen molar-refractivity contribution in [3.8, 4) is 0 Å². The molecule has 0 aromatic carbocycles. The fourth-order valence-electron chi connectivity index (χ4n) is 1.32. The van der Waals surface area contributed by atoms with Gasteiger partial charge in [-0.15, -0.1) is 0 Å². The van der Waals surface area contributed by atoms with Crippen molar-refractivity contribution in [3.63, 3.8) is 0 Å². The molecule has 1 aromatic rings. The highest BCUT2D eigenvalue weighted by Gasteiger charge is 2.39. The number of halogens is 2. The first kappa shape index (κ1) is 10.0. The van der Waals surface area contributed by atoms with Crippen molar-refractivity contribution in [3.05, 3.63) is 12.7 Å². The van der Waals surface area contributed by atoms with Gasteiger partial charge in [0.15, 0.2) is 17.3 Å². The molecule has 1 aliphatic heterocycles.